The predicted molar refractivity (Wildman–Crippen MR) is 88.7 cm³/mol. The topological polar surface area (TPSA) is 53.4 Å². The van der Waals surface area contributed by atoms with Gasteiger partial charge in [0.25, 0.3) is 0 Å². The highest BCUT2D eigenvalue weighted by Gasteiger charge is 2.24. The van der Waals surface area contributed by atoms with Crippen LogP contribution in [0.25, 0.3) is 10.9 Å². The molecule has 1 fully saturated rings. The fourth-order valence-corrected chi connectivity index (χ4v) is 3.51. The third-order valence-electron chi connectivity index (χ3n) is 4.58. The first kappa shape index (κ1) is 14.8. The Bertz CT molecular complexity index is 712. The number of pyridine rings is 1. The number of fused-ring (bicyclic) bond motifs is 1. The Morgan fingerprint density at radius 1 is 1.41 bits per heavy atom. The maximum Gasteiger partial charge on any atom is 0.337 e. The number of rotatable bonds is 3. The van der Waals surface area contributed by atoms with Gasteiger partial charge in [0.15, 0.2) is 0 Å². The van der Waals surface area contributed by atoms with Gasteiger partial charge >= 0.3 is 5.97 Å². The molecular weight excluding hydrogens is 276 g/mol. The predicted octanol–water partition coefficient (Wildman–Crippen LogP) is 4.01. The number of carboxylic acid groups (broad SMARTS) is 1. The summed E-state index contributed by atoms with van der Waals surface area (Å²) in [7, 11) is 0. The lowest BCUT2D eigenvalue weighted by Crippen LogP contribution is -2.39. The molecular formula is C18H22N2O2. The Balaban J connectivity index is 2.21. The Hall–Kier alpha value is -2.10. The van der Waals surface area contributed by atoms with Crippen LogP contribution in [0.1, 0.15) is 48.7 Å². The van der Waals surface area contributed by atoms with Crippen molar-refractivity contribution in [3.05, 3.63) is 35.5 Å². The maximum absolute atomic E-state index is 11.5. The fourth-order valence-electron chi connectivity index (χ4n) is 3.51. The Morgan fingerprint density at radius 2 is 2.23 bits per heavy atom. The lowest BCUT2D eigenvalue weighted by molar-refractivity contribution is 0.0699. The van der Waals surface area contributed by atoms with Gasteiger partial charge in [-0.25, -0.2) is 4.79 Å². The Kier molecular flexibility index (Phi) is 4.01. The molecule has 22 heavy (non-hydrogen) atoms. The molecule has 1 saturated heterocycles. The summed E-state index contributed by atoms with van der Waals surface area (Å²) in [6.45, 7) is 5.20. The minimum Gasteiger partial charge on any atom is -0.478 e. The van der Waals surface area contributed by atoms with Crippen LogP contribution in [0.5, 0.6) is 0 Å². The molecule has 1 aliphatic rings. The highest BCUT2D eigenvalue weighted by atomic mass is 16.4. The molecule has 1 atom stereocenters. The van der Waals surface area contributed by atoms with Gasteiger partial charge in [-0.05, 0) is 44.7 Å². The van der Waals surface area contributed by atoms with Crippen LogP contribution >= 0.6 is 0 Å². The zero-order chi connectivity index (χ0) is 15.7. The van der Waals surface area contributed by atoms with E-state index in [9.17, 15) is 9.90 Å². The van der Waals surface area contributed by atoms with Crippen LogP contribution in [-0.2, 0) is 0 Å². The van der Waals surface area contributed by atoms with Gasteiger partial charge in [-0.3, -0.25) is 4.98 Å². The minimum atomic E-state index is -0.916. The minimum absolute atomic E-state index is 0.285. The van der Waals surface area contributed by atoms with E-state index in [4.69, 9.17) is 0 Å². The summed E-state index contributed by atoms with van der Waals surface area (Å²) in [5, 5.41) is 10.4. The third kappa shape index (κ3) is 2.54. The van der Waals surface area contributed by atoms with Crippen molar-refractivity contribution in [1.82, 2.24) is 4.98 Å². The third-order valence-corrected chi connectivity index (χ3v) is 4.58. The molecule has 0 unspecified atom stereocenters. The smallest absolute Gasteiger partial charge is 0.337 e. The molecule has 2 heterocycles. The van der Waals surface area contributed by atoms with Crippen molar-refractivity contribution in [3.8, 4) is 0 Å². The van der Waals surface area contributed by atoms with Crippen LogP contribution in [0.3, 0.4) is 0 Å². The van der Waals surface area contributed by atoms with Crippen LogP contribution in [0, 0.1) is 6.92 Å². The average Bonchev–Trinajstić information content (AvgIpc) is 2.53. The number of aromatic nitrogens is 1. The van der Waals surface area contributed by atoms with Gasteiger partial charge in [0.05, 0.1) is 11.1 Å². The van der Waals surface area contributed by atoms with E-state index in [-0.39, 0.29) is 5.56 Å². The van der Waals surface area contributed by atoms with E-state index in [1.807, 2.05) is 19.1 Å². The van der Waals surface area contributed by atoms with E-state index < -0.39 is 5.97 Å². The lowest BCUT2D eigenvalue weighted by atomic mass is 9.97. The van der Waals surface area contributed by atoms with E-state index >= 15 is 0 Å². The van der Waals surface area contributed by atoms with Gasteiger partial charge < -0.3 is 10.0 Å². The van der Waals surface area contributed by atoms with Gasteiger partial charge in [-0.1, -0.05) is 19.1 Å². The number of aryl methyl sites for hydroxylation is 1. The molecule has 3 rings (SSSR count). The molecule has 0 saturated carbocycles. The molecule has 1 aromatic carbocycles. The summed E-state index contributed by atoms with van der Waals surface area (Å²) in [5.41, 5.74) is 2.90. The van der Waals surface area contributed by atoms with Crippen LogP contribution in [0.15, 0.2) is 24.3 Å². The van der Waals surface area contributed by atoms with E-state index in [1.165, 1.54) is 19.3 Å². The van der Waals surface area contributed by atoms with E-state index in [0.29, 0.717) is 11.6 Å². The molecule has 1 N–H and O–H groups in total. The van der Waals surface area contributed by atoms with Crippen molar-refractivity contribution in [1.29, 1.82) is 0 Å². The van der Waals surface area contributed by atoms with E-state index in [2.05, 4.69) is 22.9 Å². The Morgan fingerprint density at radius 3 is 2.95 bits per heavy atom. The van der Waals surface area contributed by atoms with E-state index in [0.717, 1.165) is 29.7 Å². The van der Waals surface area contributed by atoms with Crippen molar-refractivity contribution in [2.24, 2.45) is 0 Å². The summed E-state index contributed by atoms with van der Waals surface area (Å²) in [6, 6.07) is 8.07. The number of anilines is 1. The monoisotopic (exact) mass is 298 g/mol. The number of carbonyl (C=O) groups is 1. The largest absolute Gasteiger partial charge is 0.478 e. The first-order valence-electron chi connectivity index (χ1n) is 8.02. The summed E-state index contributed by atoms with van der Waals surface area (Å²) < 4.78 is 0. The number of hydrogen-bond donors (Lipinski definition) is 1. The molecule has 1 aromatic heterocycles. The molecule has 4 heteroatoms. The van der Waals surface area contributed by atoms with Gasteiger partial charge in [0, 0.05) is 29.4 Å². The summed E-state index contributed by atoms with van der Waals surface area (Å²) in [5.74, 6) is -0.916. The summed E-state index contributed by atoms with van der Waals surface area (Å²) >= 11 is 0. The molecule has 0 spiro atoms. The van der Waals surface area contributed by atoms with Gasteiger partial charge in [0.2, 0.25) is 0 Å². The summed E-state index contributed by atoms with van der Waals surface area (Å²) in [4.78, 5) is 18.4. The zero-order valence-corrected chi connectivity index (χ0v) is 13.2. The number of piperidine rings is 1. The molecule has 4 nitrogen and oxygen atoms in total. The molecule has 0 amide bonds. The second-order valence-electron chi connectivity index (χ2n) is 6.04. The normalized spacial score (nSPS) is 18.6. The summed E-state index contributed by atoms with van der Waals surface area (Å²) in [6.07, 6.45) is 4.79. The number of nitrogens with zero attached hydrogens (tertiary/aromatic N) is 2. The molecule has 2 aromatic rings. The Labute approximate surface area is 130 Å². The highest BCUT2D eigenvalue weighted by Crippen LogP contribution is 2.33. The van der Waals surface area contributed by atoms with Crippen LogP contribution in [0.2, 0.25) is 0 Å². The van der Waals surface area contributed by atoms with Crippen molar-refractivity contribution in [2.75, 3.05) is 11.4 Å². The SMILES string of the molecule is CC[C@H]1CCCCN1c1cc(C)nc2c(C(=O)O)cccc12. The molecule has 0 radical (unpaired) electrons. The van der Waals surface area contributed by atoms with Crippen LogP contribution < -0.4 is 4.90 Å². The average molecular weight is 298 g/mol. The molecule has 1 aliphatic heterocycles. The van der Waals surface area contributed by atoms with E-state index in [1.54, 1.807) is 6.07 Å². The van der Waals surface area contributed by atoms with Crippen molar-refractivity contribution in [2.45, 2.75) is 45.6 Å². The van der Waals surface area contributed by atoms with Gasteiger partial charge in [0.1, 0.15) is 0 Å². The number of carboxylic acids is 1. The van der Waals surface area contributed by atoms with Crippen LogP contribution in [0.4, 0.5) is 5.69 Å². The lowest BCUT2D eigenvalue weighted by Gasteiger charge is -2.38. The highest BCUT2D eigenvalue weighted by molar-refractivity contribution is 6.05. The zero-order valence-electron chi connectivity index (χ0n) is 13.2. The number of hydrogen-bond acceptors (Lipinski definition) is 3. The number of benzene rings is 1. The molecule has 0 aliphatic carbocycles. The van der Waals surface area contributed by atoms with Crippen molar-refractivity contribution < 1.29 is 9.90 Å². The maximum atomic E-state index is 11.5. The van der Waals surface area contributed by atoms with Gasteiger partial charge in [-0.2, -0.15) is 0 Å². The van der Waals surface area contributed by atoms with Crippen molar-refractivity contribution >= 4 is 22.6 Å². The van der Waals surface area contributed by atoms with Gasteiger partial charge in [-0.15, -0.1) is 0 Å². The number of para-hydroxylation sites is 1. The van der Waals surface area contributed by atoms with Crippen molar-refractivity contribution in [3.63, 3.8) is 0 Å². The quantitative estimate of drug-likeness (QED) is 0.930. The number of aromatic carboxylic acids is 1. The second-order valence-corrected chi connectivity index (χ2v) is 6.04. The van der Waals surface area contributed by atoms with Crippen LogP contribution in [-0.4, -0.2) is 28.6 Å². The fraction of sp³-hybridized carbons (Fsp3) is 0.444. The molecule has 0 bridgehead atoms. The molecule has 116 valence electrons. The standard InChI is InChI=1S/C18H22N2O2/c1-3-13-7-4-5-10-20(13)16-11-12(2)19-17-14(16)8-6-9-15(17)18(21)22/h6,8-9,11,13H,3-5,7,10H2,1-2H3,(H,21,22)/t13-/m0/s1. The second kappa shape index (κ2) is 5.95. The first-order chi connectivity index (χ1) is 10.6. The first-order valence-corrected chi connectivity index (χ1v) is 8.02.